The van der Waals surface area contributed by atoms with E-state index in [9.17, 15) is 14.7 Å². The Kier molecular flexibility index (Phi) is 7.75. The Morgan fingerprint density at radius 1 is 0.969 bits per heavy atom. The Morgan fingerprint density at radius 3 is 2.28 bits per heavy atom. The zero-order valence-corrected chi connectivity index (χ0v) is 19.0. The van der Waals surface area contributed by atoms with Gasteiger partial charge in [0.1, 0.15) is 11.4 Å². The summed E-state index contributed by atoms with van der Waals surface area (Å²) in [5, 5.41) is 11.0. The van der Waals surface area contributed by atoms with Gasteiger partial charge in [-0.3, -0.25) is 4.79 Å². The van der Waals surface area contributed by atoms with E-state index in [-0.39, 0.29) is 0 Å². The molecular weight excluding hydrogens is 408 g/mol. The molecule has 3 rings (SSSR count). The Labute approximate surface area is 187 Å². The maximum Gasteiger partial charge on any atom is 0.340 e. The van der Waals surface area contributed by atoms with Crippen molar-refractivity contribution in [1.82, 2.24) is 9.97 Å². The number of hydrogen-bond donors (Lipinski definition) is 1. The number of aliphatic hydroxyl groups excluding tert-OH is 1. The van der Waals surface area contributed by atoms with Gasteiger partial charge in [-0.15, -0.1) is 0 Å². The van der Waals surface area contributed by atoms with Gasteiger partial charge < -0.3 is 14.6 Å². The van der Waals surface area contributed by atoms with Crippen molar-refractivity contribution in [1.29, 1.82) is 0 Å². The van der Waals surface area contributed by atoms with Crippen LogP contribution in [-0.2, 0) is 14.3 Å². The summed E-state index contributed by atoms with van der Waals surface area (Å²) >= 11 is 0. The molecule has 0 aliphatic heterocycles. The van der Waals surface area contributed by atoms with Gasteiger partial charge in [-0.25, -0.2) is 14.8 Å². The summed E-state index contributed by atoms with van der Waals surface area (Å²) in [5.41, 5.74) is 2.82. The third-order valence-corrected chi connectivity index (χ3v) is 6.00. The minimum absolute atomic E-state index is 0.319. The number of rotatable bonds is 9. The lowest BCUT2D eigenvalue weighted by molar-refractivity contribution is -0.145. The molecule has 32 heavy (non-hydrogen) atoms. The topological polar surface area (TPSA) is 98.6 Å². The number of carbonyl (C=O) groups excluding carboxylic acids is 2. The lowest BCUT2D eigenvalue weighted by Gasteiger charge is -2.22. The van der Waals surface area contributed by atoms with Crippen LogP contribution < -0.4 is 0 Å². The third-order valence-electron chi connectivity index (χ3n) is 6.00. The van der Waals surface area contributed by atoms with Crippen molar-refractivity contribution in [3.8, 4) is 0 Å². The smallest absolute Gasteiger partial charge is 0.340 e. The summed E-state index contributed by atoms with van der Waals surface area (Å²) in [6.45, 7) is 4.32. The van der Waals surface area contributed by atoms with E-state index < -0.39 is 24.0 Å². The number of ether oxygens (including phenoxy) is 2. The van der Waals surface area contributed by atoms with Gasteiger partial charge in [-0.05, 0) is 36.1 Å². The molecule has 0 radical (unpaired) electrons. The first-order valence-corrected chi connectivity index (χ1v) is 10.9. The van der Waals surface area contributed by atoms with Crippen LogP contribution in [0.4, 0.5) is 0 Å². The van der Waals surface area contributed by atoms with Crippen LogP contribution in [0.3, 0.4) is 0 Å². The van der Waals surface area contributed by atoms with Crippen molar-refractivity contribution in [2.45, 2.75) is 51.6 Å². The lowest BCUT2D eigenvalue weighted by Crippen LogP contribution is -2.28. The molecule has 0 aliphatic rings. The van der Waals surface area contributed by atoms with E-state index in [4.69, 9.17) is 14.5 Å². The first-order valence-electron chi connectivity index (χ1n) is 10.9. The largest absolute Gasteiger partial charge is 0.468 e. The maximum atomic E-state index is 12.7. The van der Waals surface area contributed by atoms with E-state index in [2.05, 4.69) is 18.8 Å². The van der Waals surface area contributed by atoms with Gasteiger partial charge in [-0.1, -0.05) is 51.3 Å². The highest BCUT2D eigenvalue weighted by Gasteiger charge is 2.31. The fourth-order valence-corrected chi connectivity index (χ4v) is 3.93. The molecule has 1 heterocycles. The number of aliphatic hydroxyl groups is 1. The normalized spacial score (nSPS) is 14.2. The number of methoxy groups -OCH3 is 2. The fourth-order valence-electron chi connectivity index (χ4n) is 3.93. The standard InChI is InChI=1S/C25H30N2O5/c1-5-15(2)9-6-14-20(28)21(25(30)32-4)16-10-7-12-18-22(16)26-19-13-8-11-17(23(19)27-18)24(29)31-3/h7-8,10-13,15,20-21,28H,5-6,9,14H2,1-4H3/t15-,20-,21-/m0/s1. The highest BCUT2D eigenvalue weighted by molar-refractivity contribution is 6.03. The van der Waals surface area contributed by atoms with Crippen LogP contribution in [0.2, 0.25) is 0 Å². The molecule has 170 valence electrons. The molecule has 1 aromatic heterocycles. The number of carbonyl (C=O) groups is 2. The van der Waals surface area contributed by atoms with Crippen molar-refractivity contribution in [3.05, 3.63) is 47.5 Å². The molecule has 0 amide bonds. The summed E-state index contributed by atoms with van der Waals surface area (Å²) in [6, 6.07) is 10.4. The highest BCUT2D eigenvalue weighted by Crippen LogP contribution is 2.31. The molecule has 7 heteroatoms. The SMILES string of the molecule is CC[C@H](C)CCC[C@H](O)[C@@H](C(=O)OC)c1cccc2nc3c(C(=O)OC)cccc3nc12. The molecule has 0 bridgehead atoms. The van der Waals surface area contributed by atoms with Gasteiger partial charge in [0.05, 0.1) is 42.4 Å². The van der Waals surface area contributed by atoms with Crippen molar-refractivity contribution in [3.63, 3.8) is 0 Å². The first-order chi connectivity index (χ1) is 15.4. The Bertz CT molecular complexity index is 1110. The van der Waals surface area contributed by atoms with Gasteiger partial charge >= 0.3 is 11.9 Å². The molecule has 0 saturated heterocycles. The molecule has 2 aromatic carbocycles. The van der Waals surface area contributed by atoms with Crippen molar-refractivity contribution in [2.75, 3.05) is 14.2 Å². The zero-order chi connectivity index (χ0) is 23.3. The fraction of sp³-hybridized carbons (Fsp3) is 0.440. The van der Waals surface area contributed by atoms with Crippen molar-refractivity contribution < 1.29 is 24.2 Å². The van der Waals surface area contributed by atoms with Crippen molar-refractivity contribution in [2.24, 2.45) is 5.92 Å². The minimum atomic E-state index is -0.906. The monoisotopic (exact) mass is 438 g/mol. The number of nitrogens with zero attached hydrogens (tertiary/aromatic N) is 2. The van der Waals surface area contributed by atoms with E-state index in [0.717, 1.165) is 19.3 Å². The molecule has 0 aliphatic carbocycles. The van der Waals surface area contributed by atoms with Gasteiger partial charge in [0.15, 0.2) is 0 Å². The quantitative estimate of drug-likeness (QED) is 0.390. The average molecular weight is 439 g/mol. The van der Waals surface area contributed by atoms with Gasteiger partial charge in [-0.2, -0.15) is 0 Å². The number of para-hydroxylation sites is 2. The lowest BCUT2D eigenvalue weighted by atomic mass is 9.88. The summed E-state index contributed by atoms with van der Waals surface area (Å²) in [6.07, 6.45) is 2.45. The van der Waals surface area contributed by atoms with Crippen LogP contribution in [-0.4, -0.2) is 47.3 Å². The van der Waals surface area contributed by atoms with Crippen LogP contribution in [0, 0.1) is 5.92 Å². The van der Waals surface area contributed by atoms with E-state index in [1.165, 1.54) is 14.2 Å². The molecule has 0 spiro atoms. The first kappa shape index (κ1) is 23.6. The number of aromatic nitrogens is 2. The van der Waals surface area contributed by atoms with Crippen LogP contribution >= 0.6 is 0 Å². The van der Waals surface area contributed by atoms with Crippen LogP contribution in [0.1, 0.15) is 61.4 Å². The van der Waals surface area contributed by atoms with Gasteiger partial charge in [0.25, 0.3) is 0 Å². The van der Waals surface area contributed by atoms with Crippen LogP contribution in [0.15, 0.2) is 36.4 Å². The minimum Gasteiger partial charge on any atom is -0.468 e. The summed E-state index contributed by atoms with van der Waals surface area (Å²) in [4.78, 5) is 34.2. The van der Waals surface area contributed by atoms with E-state index >= 15 is 0 Å². The second-order valence-corrected chi connectivity index (χ2v) is 8.12. The highest BCUT2D eigenvalue weighted by atomic mass is 16.5. The number of hydrogen-bond acceptors (Lipinski definition) is 7. The maximum absolute atomic E-state index is 12.7. The van der Waals surface area contributed by atoms with Gasteiger partial charge in [0.2, 0.25) is 0 Å². The summed E-state index contributed by atoms with van der Waals surface area (Å²) in [7, 11) is 2.63. The number of fused-ring (bicyclic) bond motifs is 2. The summed E-state index contributed by atoms with van der Waals surface area (Å²) < 4.78 is 9.89. The predicted molar refractivity (Wildman–Crippen MR) is 122 cm³/mol. The molecule has 3 atom stereocenters. The second kappa shape index (κ2) is 10.5. The van der Waals surface area contributed by atoms with E-state index in [1.807, 2.05) is 0 Å². The van der Waals surface area contributed by atoms with E-state index in [1.54, 1.807) is 36.4 Å². The average Bonchev–Trinajstić information content (AvgIpc) is 2.81. The Morgan fingerprint density at radius 2 is 1.62 bits per heavy atom. The zero-order valence-electron chi connectivity index (χ0n) is 19.0. The number of esters is 2. The van der Waals surface area contributed by atoms with Crippen LogP contribution in [0.5, 0.6) is 0 Å². The molecule has 1 N–H and O–H groups in total. The van der Waals surface area contributed by atoms with Crippen LogP contribution in [0.25, 0.3) is 22.1 Å². The molecule has 0 fully saturated rings. The van der Waals surface area contributed by atoms with Crippen molar-refractivity contribution >= 4 is 34.0 Å². The van der Waals surface area contributed by atoms with Gasteiger partial charge in [0, 0.05) is 0 Å². The molecule has 0 unspecified atom stereocenters. The molecular formula is C25H30N2O5. The third kappa shape index (κ3) is 4.88. The van der Waals surface area contributed by atoms with E-state index in [0.29, 0.717) is 45.5 Å². The Hall–Kier alpha value is -3.06. The number of benzene rings is 2. The molecule has 0 saturated carbocycles. The molecule has 3 aromatic rings. The predicted octanol–water partition coefficient (Wildman–Crippen LogP) is 4.40. The second-order valence-electron chi connectivity index (χ2n) is 8.12. The Balaban J connectivity index is 2.07. The summed E-state index contributed by atoms with van der Waals surface area (Å²) in [5.74, 6) is -1.32. The molecule has 7 nitrogen and oxygen atoms in total.